The van der Waals surface area contributed by atoms with Crippen LogP contribution in [0.3, 0.4) is 0 Å². The van der Waals surface area contributed by atoms with Crippen molar-refractivity contribution in [2.75, 3.05) is 19.7 Å². The SMILES string of the molecule is CCCCNC(=NCc1nc(C(C)OCC)no1)NCCCC. The molecule has 7 heteroatoms. The number of hydrogen-bond acceptors (Lipinski definition) is 5. The van der Waals surface area contributed by atoms with Gasteiger partial charge in [-0.05, 0) is 26.7 Å². The first kappa shape index (κ1) is 19.4. The number of aliphatic imine (C=N–C) groups is 1. The second-order valence-electron chi connectivity index (χ2n) is 5.37. The Bertz CT molecular complexity index is 435. The fourth-order valence-electron chi connectivity index (χ4n) is 1.91. The molecule has 132 valence electrons. The maximum atomic E-state index is 5.45. The first-order valence-corrected chi connectivity index (χ1v) is 8.67. The van der Waals surface area contributed by atoms with E-state index in [1.54, 1.807) is 0 Å². The van der Waals surface area contributed by atoms with Crippen LogP contribution in [0.5, 0.6) is 0 Å². The van der Waals surface area contributed by atoms with Gasteiger partial charge in [-0.1, -0.05) is 31.8 Å². The molecule has 0 fully saturated rings. The summed E-state index contributed by atoms with van der Waals surface area (Å²) in [4.78, 5) is 8.84. The summed E-state index contributed by atoms with van der Waals surface area (Å²) in [5, 5.41) is 10.6. The van der Waals surface area contributed by atoms with E-state index in [4.69, 9.17) is 9.26 Å². The Morgan fingerprint density at radius 3 is 2.39 bits per heavy atom. The van der Waals surface area contributed by atoms with Crippen molar-refractivity contribution < 1.29 is 9.26 Å². The molecule has 1 atom stereocenters. The molecule has 0 saturated carbocycles. The van der Waals surface area contributed by atoms with Gasteiger partial charge in [0.25, 0.3) is 0 Å². The lowest BCUT2D eigenvalue weighted by molar-refractivity contribution is 0.0683. The Morgan fingerprint density at radius 1 is 1.17 bits per heavy atom. The Labute approximate surface area is 139 Å². The minimum atomic E-state index is -0.161. The lowest BCUT2D eigenvalue weighted by Crippen LogP contribution is -2.38. The lowest BCUT2D eigenvalue weighted by Gasteiger charge is -2.11. The lowest BCUT2D eigenvalue weighted by atomic mass is 10.3. The predicted molar refractivity (Wildman–Crippen MR) is 91.3 cm³/mol. The number of unbranched alkanes of at least 4 members (excludes halogenated alkanes) is 2. The molecule has 0 radical (unpaired) electrons. The van der Waals surface area contributed by atoms with Crippen LogP contribution >= 0.6 is 0 Å². The number of nitrogens with one attached hydrogen (secondary N) is 2. The molecule has 23 heavy (non-hydrogen) atoms. The molecule has 1 unspecified atom stereocenters. The van der Waals surface area contributed by atoms with Crippen molar-refractivity contribution in [1.82, 2.24) is 20.8 Å². The first-order valence-electron chi connectivity index (χ1n) is 8.67. The number of rotatable bonds is 11. The monoisotopic (exact) mass is 325 g/mol. The summed E-state index contributed by atoms with van der Waals surface area (Å²) in [5.74, 6) is 1.86. The fourth-order valence-corrected chi connectivity index (χ4v) is 1.91. The van der Waals surface area contributed by atoms with E-state index in [0.29, 0.717) is 24.9 Å². The summed E-state index contributed by atoms with van der Waals surface area (Å²) in [6.07, 6.45) is 4.37. The summed E-state index contributed by atoms with van der Waals surface area (Å²) in [6, 6.07) is 0. The summed E-state index contributed by atoms with van der Waals surface area (Å²) in [6.45, 7) is 11.0. The zero-order valence-electron chi connectivity index (χ0n) is 14.9. The third kappa shape index (κ3) is 7.97. The molecular formula is C16H31N5O2. The van der Waals surface area contributed by atoms with Gasteiger partial charge < -0.3 is 19.9 Å². The van der Waals surface area contributed by atoms with Gasteiger partial charge in [0, 0.05) is 19.7 Å². The second-order valence-corrected chi connectivity index (χ2v) is 5.37. The van der Waals surface area contributed by atoms with Crippen molar-refractivity contribution in [3.8, 4) is 0 Å². The van der Waals surface area contributed by atoms with Crippen LogP contribution in [0.25, 0.3) is 0 Å². The fraction of sp³-hybridized carbons (Fsp3) is 0.812. The summed E-state index contributed by atoms with van der Waals surface area (Å²) >= 11 is 0. The van der Waals surface area contributed by atoms with Crippen LogP contribution in [0, 0.1) is 0 Å². The van der Waals surface area contributed by atoms with Crippen molar-refractivity contribution in [3.05, 3.63) is 11.7 Å². The van der Waals surface area contributed by atoms with Gasteiger partial charge in [-0.15, -0.1) is 0 Å². The quantitative estimate of drug-likeness (QED) is 0.370. The highest BCUT2D eigenvalue weighted by Gasteiger charge is 2.13. The van der Waals surface area contributed by atoms with Crippen molar-refractivity contribution in [3.63, 3.8) is 0 Å². The van der Waals surface area contributed by atoms with Crippen LogP contribution in [0.1, 0.15) is 71.2 Å². The minimum Gasteiger partial charge on any atom is -0.371 e. The maximum absolute atomic E-state index is 5.45. The predicted octanol–water partition coefficient (Wildman–Crippen LogP) is 2.80. The summed E-state index contributed by atoms with van der Waals surface area (Å²) in [5.41, 5.74) is 0. The number of aromatic nitrogens is 2. The van der Waals surface area contributed by atoms with Crippen molar-refractivity contribution in [2.24, 2.45) is 4.99 Å². The van der Waals surface area contributed by atoms with Crippen LogP contribution in [-0.2, 0) is 11.3 Å². The van der Waals surface area contributed by atoms with Crippen LogP contribution in [0.2, 0.25) is 0 Å². The number of guanidine groups is 1. The van der Waals surface area contributed by atoms with E-state index >= 15 is 0 Å². The molecule has 0 spiro atoms. The molecular weight excluding hydrogens is 294 g/mol. The third-order valence-electron chi connectivity index (χ3n) is 3.28. The molecule has 1 aromatic rings. The number of hydrogen-bond donors (Lipinski definition) is 2. The van der Waals surface area contributed by atoms with E-state index in [1.165, 1.54) is 0 Å². The molecule has 0 aliphatic rings. The van der Waals surface area contributed by atoms with Gasteiger partial charge >= 0.3 is 0 Å². The Kier molecular flexibility index (Phi) is 10.0. The topological polar surface area (TPSA) is 84.6 Å². The van der Waals surface area contributed by atoms with E-state index in [0.717, 1.165) is 44.7 Å². The van der Waals surface area contributed by atoms with Crippen LogP contribution in [0.15, 0.2) is 9.52 Å². The van der Waals surface area contributed by atoms with Gasteiger partial charge in [-0.3, -0.25) is 0 Å². The largest absolute Gasteiger partial charge is 0.371 e. The highest BCUT2D eigenvalue weighted by atomic mass is 16.5. The second kappa shape index (κ2) is 11.9. The molecule has 0 saturated heterocycles. The highest BCUT2D eigenvalue weighted by molar-refractivity contribution is 5.79. The highest BCUT2D eigenvalue weighted by Crippen LogP contribution is 2.12. The molecule has 0 amide bonds. The normalized spacial score (nSPS) is 12.0. The standard InChI is InChI=1S/C16H31N5O2/c1-5-8-10-17-16(18-11-9-6-2)19-12-14-20-15(21-23-14)13(4)22-7-3/h13H,5-12H2,1-4H3,(H2,17,18,19). The molecule has 0 aliphatic heterocycles. The van der Waals surface area contributed by atoms with Gasteiger partial charge in [0.1, 0.15) is 12.6 Å². The molecule has 0 aliphatic carbocycles. The van der Waals surface area contributed by atoms with E-state index in [1.807, 2.05) is 13.8 Å². The average molecular weight is 325 g/mol. The first-order chi connectivity index (χ1) is 11.2. The molecule has 1 heterocycles. The number of ether oxygens (including phenoxy) is 1. The number of nitrogens with zero attached hydrogens (tertiary/aromatic N) is 3. The van der Waals surface area contributed by atoms with Crippen LogP contribution < -0.4 is 10.6 Å². The molecule has 1 rings (SSSR count). The molecule has 1 aromatic heterocycles. The van der Waals surface area contributed by atoms with Gasteiger partial charge in [-0.25, -0.2) is 4.99 Å². The van der Waals surface area contributed by atoms with Crippen molar-refractivity contribution in [2.45, 2.75) is 66.0 Å². The Balaban J connectivity index is 2.56. The third-order valence-corrected chi connectivity index (χ3v) is 3.28. The zero-order chi connectivity index (χ0) is 16.9. The summed E-state index contributed by atoms with van der Waals surface area (Å²) in [7, 11) is 0. The Hall–Kier alpha value is -1.63. The Morgan fingerprint density at radius 2 is 1.83 bits per heavy atom. The van der Waals surface area contributed by atoms with Crippen molar-refractivity contribution in [1.29, 1.82) is 0 Å². The van der Waals surface area contributed by atoms with Crippen LogP contribution in [0.4, 0.5) is 0 Å². The summed E-state index contributed by atoms with van der Waals surface area (Å²) < 4.78 is 10.7. The van der Waals surface area contributed by atoms with Crippen molar-refractivity contribution >= 4 is 5.96 Å². The van der Waals surface area contributed by atoms with E-state index < -0.39 is 0 Å². The average Bonchev–Trinajstić information content (AvgIpc) is 3.02. The molecule has 0 aromatic carbocycles. The van der Waals surface area contributed by atoms with Gasteiger partial charge in [0.15, 0.2) is 11.8 Å². The van der Waals surface area contributed by atoms with Gasteiger partial charge in [0.2, 0.25) is 5.89 Å². The smallest absolute Gasteiger partial charge is 0.248 e. The molecule has 2 N–H and O–H groups in total. The van der Waals surface area contributed by atoms with E-state index in [2.05, 4.69) is 39.6 Å². The maximum Gasteiger partial charge on any atom is 0.248 e. The van der Waals surface area contributed by atoms with Crippen LogP contribution in [-0.4, -0.2) is 35.8 Å². The van der Waals surface area contributed by atoms with E-state index in [9.17, 15) is 0 Å². The van der Waals surface area contributed by atoms with Gasteiger partial charge in [0.05, 0.1) is 0 Å². The molecule has 7 nitrogen and oxygen atoms in total. The molecule has 0 bridgehead atoms. The van der Waals surface area contributed by atoms with Gasteiger partial charge in [-0.2, -0.15) is 4.98 Å². The zero-order valence-corrected chi connectivity index (χ0v) is 14.9. The minimum absolute atomic E-state index is 0.161. The van der Waals surface area contributed by atoms with E-state index in [-0.39, 0.29) is 6.10 Å².